The molecule has 2 aromatic rings. The van der Waals surface area contributed by atoms with Crippen LogP contribution in [0.25, 0.3) is 0 Å². The van der Waals surface area contributed by atoms with Gasteiger partial charge in [0, 0.05) is 6.42 Å². The minimum atomic E-state index is -2.07. The Balaban J connectivity index is 1.85. The monoisotopic (exact) mass is 550 g/mol. The summed E-state index contributed by atoms with van der Waals surface area (Å²) in [6.45, 7) is 12.3. The van der Waals surface area contributed by atoms with Crippen LogP contribution in [0.15, 0.2) is 85.0 Å². The number of carbonyl (C=O) groups excluding carboxylic acids is 1. The van der Waals surface area contributed by atoms with E-state index in [0.717, 1.165) is 30.4 Å². The molecule has 1 aliphatic heterocycles. The second-order valence-electron chi connectivity index (χ2n) is 11.7. The predicted molar refractivity (Wildman–Crippen MR) is 160 cm³/mol. The maximum Gasteiger partial charge on any atom is 0.306 e. The predicted octanol–water partition coefficient (Wildman–Crippen LogP) is 7.78. The lowest BCUT2D eigenvalue weighted by molar-refractivity contribution is -0.158. The van der Waals surface area contributed by atoms with Crippen LogP contribution in [0.5, 0.6) is 0 Å². The lowest BCUT2D eigenvalue weighted by atomic mass is 10.1. The van der Waals surface area contributed by atoms with Crippen molar-refractivity contribution in [3.63, 3.8) is 0 Å². The summed E-state index contributed by atoms with van der Waals surface area (Å²) < 4.78 is 25.3. The standard InChI is InChI=1S/C33H46O5Si/c1-33(2,3)39(4,5)37-26-31-30(36-25-28-18-12-9-13-19-28)23-22-29(35-24-27-16-10-8-11-17-27)20-14-6-7-15-21-32(34)38-31/h6,8-14,16-19,22-23,29-31H,7,15,20-21,24-26H2,1-5H3/b14-6-,23-22+/t29-,30+,31+/m0/s1. The molecule has 2 aromatic carbocycles. The highest BCUT2D eigenvalue weighted by molar-refractivity contribution is 6.74. The van der Waals surface area contributed by atoms with Gasteiger partial charge in [-0.1, -0.05) is 106 Å². The van der Waals surface area contributed by atoms with Gasteiger partial charge in [0.05, 0.1) is 25.9 Å². The Hall–Kier alpha value is -2.51. The number of rotatable bonds is 9. The minimum absolute atomic E-state index is 0.0403. The summed E-state index contributed by atoms with van der Waals surface area (Å²) in [5.41, 5.74) is 2.19. The molecule has 0 aromatic heterocycles. The summed E-state index contributed by atoms with van der Waals surface area (Å²) in [6, 6.07) is 20.2. The van der Waals surface area contributed by atoms with Gasteiger partial charge in [-0.3, -0.25) is 4.79 Å². The number of carbonyl (C=O) groups is 1. The van der Waals surface area contributed by atoms with Crippen LogP contribution >= 0.6 is 0 Å². The van der Waals surface area contributed by atoms with Crippen molar-refractivity contribution in [1.29, 1.82) is 0 Å². The number of allylic oxidation sites excluding steroid dienone is 1. The second-order valence-corrected chi connectivity index (χ2v) is 16.5. The number of esters is 1. The van der Waals surface area contributed by atoms with E-state index in [1.165, 1.54) is 0 Å². The van der Waals surface area contributed by atoms with Crippen molar-refractivity contribution < 1.29 is 23.4 Å². The quantitative estimate of drug-likeness (QED) is 0.181. The van der Waals surface area contributed by atoms with E-state index in [1.807, 2.05) is 60.7 Å². The fourth-order valence-electron chi connectivity index (χ4n) is 3.91. The zero-order valence-corrected chi connectivity index (χ0v) is 25.3. The van der Waals surface area contributed by atoms with Gasteiger partial charge in [0.1, 0.15) is 6.10 Å². The van der Waals surface area contributed by atoms with E-state index in [2.05, 4.69) is 58.2 Å². The zero-order valence-electron chi connectivity index (χ0n) is 24.3. The molecule has 0 amide bonds. The van der Waals surface area contributed by atoms with Crippen molar-refractivity contribution in [2.45, 2.75) is 96.1 Å². The largest absolute Gasteiger partial charge is 0.457 e. The zero-order chi connectivity index (χ0) is 28.1. The lowest BCUT2D eigenvalue weighted by Crippen LogP contribution is -2.45. The molecule has 0 N–H and O–H groups in total. The van der Waals surface area contributed by atoms with E-state index in [4.69, 9.17) is 18.6 Å². The summed E-state index contributed by atoms with van der Waals surface area (Å²) in [5, 5.41) is 0.0403. The highest BCUT2D eigenvalue weighted by Gasteiger charge is 2.39. The first-order chi connectivity index (χ1) is 18.6. The molecule has 0 aliphatic carbocycles. The summed E-state index contributed by atoms with van der Waals surface area (Å²) in [6.07, 6.45) is 9.81. The van der Waals surface area contributed by atoms with Gasteiger partial charge in [0.2, 0.25) is 0 Å². The summed E-state index contributed by atoms with van der Waals surface area (Å²) in [5.74, 6) is -0.218. The minimum Gasteiger partial charge on any atom is -0.457 e. The van der Waals surface area contributed by atoms with E-state index in [0.29, 0.717) is 26.2 Å². The van der Waals surface area contributed by atoms with Crippen LogP contribution in [0.1, 0.15) is 57.6 Å². The van der Waals surface area contributed by atoms with E-state index in [-0.39, 0.29) is 17.1 Å². The van der Waals surface area contributed by atoms with Crippen molar-refractivity contribution in [3.8, 4) is 0 Å². The van der Waals surface area contributed by atoms with Crippen molar-refractivity contribution in [2.75, 3.05) is 6.61 Å². The molecule has 3 atom stereocenters. The van der Waals surface area contributed by atoms with Crippen LogP contribution < -0.4 is 0 Å². The summed E-state index contributed by atoms with van der Waals surface area (Å²) in [7, 11) is -2.07. The van der Waals surface area contributed by atoms with Crippen LogP contribution in [0, 0.1) is 0 Å². The number of ether oxygens (including phenoxy) is 3. The lowest BCUT2D eigenvalue weighted by Gasteiger charge is -2.38. The summed E-state index contributed by atoms with van der Waals surface area (Å²) >= 11 is 0. The van der Waals surface area contributed by atoms with E-state index < -0.39 is 20.5 Å². The van der Waals surface area contributed by atoms with Crippen molar-refractivity contribution >= 4 is 14.3 Å². The number of benzene rings is 2. The third-order valence-corrected chi connectivity index (χ3v) is 12.0. The molecule has 0 bridgehead atoms. The third kappa shape index (κ3) is 10.9. The van der Waals surface area contributed by atoms with Crippen molar-refractivity contribution in [2.24, 2.45) is 0 Å². The van der Waals surface area contributed by atoms with Gasteiger partial charge in [0.25, 0.3) is 0 Å². The van der Waals surface area contributed by atoms with Crippen molar-refractivity contribution in [1.82, 2.24) is 0 Å². The maximum atomic E-state index is 12.9. The Morgan fingerprint density at radius 1 is 0.872 bits per heavy atom. The van der Waals surface area contributed by atoms with Gasteiger partial charge in [-0.2, -0.15) is 0 Å². The number of hydrogen-bond donors (Lipinski definition) is 0. The van der Waals surface area contributed by atoms with Gasteiger partial charge in [-0.25, -0.2) is 0 Å². The first-order valence-electron chi connectivity index (χ1n) is 14.1. The fraction of sp³-hybridized carbons (Fsp3) is 0.485. The SMILES string of the molecule is CC(C)(C)[Si](C)(C)OC[C@H]1OC(=O)CCC/C=C\C[C@H](OCc2ccccc2)/C=C/[C@H]1OCc1ccccc1. The molecule has 5 nitrogen and oxygen atoms in total. The van der Waals surface area contributed by atoms with Crippen LogP contribution in [0.4, 0.5) is 0 Å². The van der Waals surface area contributed by atoms with Gasteiger partial charge < -0.3 is 18.6 Å². The Labute approximate surface area is 236 Å². The molecule has 3 rings (SSSR count). The molecule has 0 saturated carbocycles. The van der Waals surface area contributed by atoms with E-state index in [9.17, 15) is 4.79 Å². The topological polar surface area (TPSA) is 54.0 Å². The third-order valence-electron chi connectivity index (χ3n) is 7.46. The molecule has 0 saturated heterocycles. The van der Waals surface area contributed by atoms with Crippen LogP contribution in [0.3, 0.4) is 0 Å². The van der Waals surface area contributed by atoms with Crippen molar-refractivity contribution in [3.05, 3.63) is 96.1 Å². The van der Waals surface area contributed by atoms with Gasteiger partial charge in [-0.05, 0) is 48.5 Å². The van der Waals surface area contributed by atoms with E-state index >= 15 is 0 Å². The first-order valence-corrected chi connectivity index (χ1v) is 17.0. The van der Waals surface area contributed by atoms with Gasteiger partial charge in [-0.15, -0.1) is 0 Å². The Kier molecular flexibility index (Phi) is 12.2. The highest BCUT2D eigenvalue weighted by atomic mass is 28.4. The van der Waals surface area contributed by atoms with Gasteiger partial charge >= 0.3 is 5.97 Å². The van der Waals surface area contributed by atoms with Crippen LogP contribution in [0.2, 0.25) is 18.1 Å². The molecule has 1 heterocycles. The Bertz CT molecular complexity index is 1040. The molecule has 0 fully saturated rings. The summed E-state index contributed by atoms with van der Waals surface area (Å²) in [4.78, 5) is 12.9. The molecule has 212 valence electrons. The van der Waals surface area contributed by atoms with E-state index in [1.54, 1.807) is 0 Å². The second kappa shape index (κ2) is 15.3. The molecule has 0 spiro atoms. The number of hydrogen-bond acceptors (Lipinski definition) is 5. The average molecular weight is 551 g/mol. The van der Waals surface area contributed by atoms with Crippen LogP contribution in [-0.4, -0.2) is 39.2 Å². The molecule has 0 radical (unpaired) electrons. The molecular formula is C33H46O5Si. The average Bonchev–Trinajstić information content (AvgIpc) is 2.92. The Morgan fingerprint density at radius 2 is 1.49 bits per heavy atom. The highest BCUT2D eigenvalue weighted by Crippen LogP contribution is 2.37. The number of cyclic esters (lactones) is 1. The molecule has 0 unspecified atom stereocenters. The first kappa shape index (κ1) is 31.0. The molecule has 6 heteroatoms. The molecule has 1 aliphatic rings. The molecule has 39 heavy (non-hydrogen) atoms. The normalized spacial score (nSPS) is 23.1. The molecular weight excluding hydrogens is 504 g/mol. The Morgan fingerprint density at radius 3 is 2.10 bits per heavy atom. The smallest absolute Gasteiger partial charge is 0.306 e. The van der Waals surface area contributed by atoms with Crippen LogP contribution in [-0.2, 0) is 36.6 Å². The van der Waals surface area contributed by atoms with Gasteiger partial charge in [0.15, 0.2) is 14.4 Å². The maximum absolute atomic E-state index is 12.9. The fourth-order valence-corrected chi connectivity index (χ4v) is 4.92.